The SMILES string of the molecule is CN(Cc1ccncc1)Cc1cc(CNC2CC2)co1. The average Bonchev–Trinajstić information content (AvgIpc) is 3.18. The van der Waals surface area contributed by atoms with Crippen molar-refractivity contribution in [1.29, 1.82) is 0 Å². The minimum absolute atomic E-state index is 0.739. The van der Waals surface area contributed by atoms with Gasteiger partial charge in [0.15, 0.2) is 0 Å². The maximum absolute atomic E-state index is 5.63. The second kappa shape index (κ2) is 6.20. The summed E-state index contributed by atoms with van der Waals surface area (Å²) >= 11 is 0. The van der Waals surface area contributed by atoms with E-state index in [0.29, 0.717) is 0 Å². The largest absolute Gasteiger partial charge is 0.468 e. The Morgan fingerprint density at radius 1 is 1.25 bits per heavy atom. The molecule has 0 radical (unpaired) electrons. The first-order valence-corrected chi connectivity index (χ1v) is 7.17. The topological polar surface area (TPSA) is 41.3 Å². The first-order valence-electron chi connectivity index (χ1n) is 7.17. The van der Waals surface area contributed by atoms with Crippen LogP contribution in [0.15, 0.2) is 41.3 Å². The van der Waals surface area contributed by atoms with Crippen molar-refractivity contribution in [2.24, 2.45) is 0 Å². The summed E-state index contributed by atoms with van der Waals surface area (Å²) < 4.78 is 5.63. The van der Waals surface area contributed by atoms with E-state index in [0.717, 1.165) is 31.4 Å². The van der Waals surface area contributed by atoms with Gasteiger partial charge in [-0.25, -0.2) is 0 Å². The smallest absolute Gasteiger partial charge is 0.118 e. The zero-order valence-corrected chi connectivity index (χ0v) is 11.9. The van der Waals surface area contributed by atoms with Gasteiger partial charge in [-0.2, -0.15) is 0 Å². The van der Waals surface area contributed by atoms with Crippen LogP contribution in [0, 0.1) is 0 Å². The third-order valence-electron chi connectivity index (χ3n) is 3.51. The number of nitrogens with one attached hydrogen (secondary N) is 1. The van der Waals surface area contributed by atoms with E-state index >= 15 is 0 Å². The summed E-state index contributed by atoms with van der Waals surface area (Å²) in [7, 11) is 2.10. The van der Waals surface area contributed by atoms with Crippen LogP contribution in [0.2, 0.25) is 0 Å². The van der Waals surface area contributed by atoms with E-state index in [1.54, 1.807) is 0 Å². The molecule has 1 fully saturated rings. The molecule has 20 heavy (non-hydrogen) atoms. The summed E-state index contributed by atoms with van der Waals surface area (Å²) in [6.45, 7) is 2.65. The fourth-order valence-electron chi connectivity index (χ4n) is 2.27. The van der Waals surface area contributed by atoms with Crippen molar-refractivity contribution in [1.82, 2.24) is 15.2 Å². The van der Waals surface area contributed by atoms with Crippen molar-refractivity contribution in [3.8, 4) is 0 Å². The molecule has 2 aromatic heterocycles. The molecule has 0 aliphatic heterocycles. The predicted molar refractivity (Wildman–Crippen MR) is 78.0 cm³/mol. The van der Waals surface area contributed by atoms with Gasteiger partial charge in [0.05, 0.1) is 12.8 Å². The van der Waals surface area contributed by atoms with E-state index in [-0.39, 0.29) is 0 Å². The highest BCUT2D eigenvalue weighted by Crippen LogP contribution is 2.20. The van der Waals surface area contributed by atoms with Crippen molar-refractivity contribution < 1.29 is 4.42 Å². The molecule has 3 rings (SSSR count). The maximum atomic E-state index is 5.63. The second-order valence-electron chi connectivity index (χ2n) is 5.60. The Labute approximate surface area is 119 Å². The van der Waals surface area contributed by atoms with Crippen LogP contribution >= 0.6 is 0 Å². The zero-order valence-electron chi connectivity index (χ0n) is 11.9. The Kier molecular flexibility index (Phi) is 4.14. The van der Waals surface area contributed by atoms with Crippen molar-refractivity contribution in [2.45, 2.75) is 38.5 Å². The summed E-state index contributed by atoms with van der Waals surface area (Å²) in [5.74, 6) is 1.02. The first kappa shape index (κ1) is 13.3. The van der Waals surface area contributed by atoms with Crippen LogP contribution in [0.4, 0.5) is 0 Å². The molecule has 0 amide bonds. The van der Waals surface area contributed by atoms with Crippen LogP contribution < -0.4 is 5.32 Å². The van der Waals surface area contributed by atoms with Crippen LogP contribution in [0.5, 0.6) is 0 Å². The Hall–Kier alpha value is -1.65. The second-order valence-corrected chi connectivity index (χ2v) is 5.60. The van der Waals surface area contributed by atoms with Crippen molar-refractivity contribution in [2.75, 3.05) is 7.05 Å². The Morgan fingerprint density at radius 2 is 2.05 bits per heavy atom. The number of nitrogens with zero attached hydrogens (tertiary/aromatic N) is 2. The zero-order chi connectivity index (χ0) is 13.8. The van der Waals surface area contributed by atoms with Gasteiger partial charge < -0.3 is 9.73 Å². The summed E-state index contributed by atoms with van der Waals surface area (Å²) in [6, 6.07) is 6.98. The number of hydrogen-bond acceptors (Lipinski definition) is 4. The molecule has 0 saturated heterocycles. The molecule has 1 aliphatic rings. The molecule has 1 aliphatic carbocycles. The van der Waals surface area contributed by atoms with E-state index < -0.39 is 0 Å². The van der Waals surface area contributed by atoms with Gasteiger partial charge in [0, 0.05) is 37.1 Å². The van der Waals surface area contributed by atoms with Gasteiger partial charge in [-0.05, 0) is 43.7 Å². The predicted octanol–water partition coefficient (Wildman–Crippen LogP) is 2.56. The van der Waals surface area contributed by atoms with Crippen LogP contribution in [0.25, 0.3) is 0 Å². The van der Waals surface area contributed by atoms with Gasteiger partial charge in [0.2, 0.25) is 0 Å². The fraction of sp³-hybridized carbons (Fsp3) is 0.438. The molecular weight excluding hydrogens is 250 g/mol. The summed E-state index contributed by atoms with van der Waals surface area (Å²) in [5.41, 5.74) is 2.51. The standard InChI is InChI=1S/C16H21N3O/c1-19(10-13-4-6-17-7-5-13)11-16-8-14(12-20-16)9-18-15-2-3-15/h4-8,12,15,18H,2-3,9-11H2,1H3. The lowest BCUT2D eigenvalue weighted by molar-refractivity contribution is 0.288. The molecule has 106 valence electrons. The molecule has 4 heteroatoms. The van der Waals surface area contributed by atoms with Crippen LogP contribution in [0.3, 0.4) is 0 Å². The number of pyridine rings is 1. The van der Waals surface area contributed by atoms with Crippen molar-refractivity contribution in [3.05, 3.63) is 53.7 Å². The summed E-state index contributed by atoms with van der Waals surface area (Å²) in [6.07, 6.45) is 8.17. The minimum atomic E-state index is 0.739. The van der Waals surface area contributed by atoms with Gasteiger partial charge in [-0.15, -0.1) is 0 Å². The molecule has 2 heterocycles. The normalized spacial score (nSPS) is 14.9. The maximum Gasteiger partial charge on any atom is 0.118 e. The van der Waals surface area contributed by atoms with E-state index in [1.165, 1.54) is 24.0 Å². The molecule has 0 atom stereocenters. The fourth-order valence-corrected chi connectivity index (χ4v) is 2.27. The van der Waals surface area contributed by atoms with Gasteiger partial charge in [0.25, 0.3) is 0 Å². The molecule has 0 spiro atoms. The summed E-state index contributed by atoms with van der Waals surface area (Å²) in [4.78, 5) is 6.28. The number of rotatable bonds is 7. The minimum Gasteiger partial charge on any atom is -0.468 e. The van der Waals surface area contributed by atoms with E-state index in [9.17, 15) is 0 Å². The van der Waals surface area contributed by atoms with Crippen molar-refractivity contribution >= 4 is 0 Å². The molecule has 0 unspecified atom stereocenters. The molecule has 2 aromatic rings. The summed E-state index contributed by atoms with van der Waals surface area (Å²) in [5, 5.41) is 3.50. The third-order valence-corrected chi connectivity index (χ3v) is 3.51. The molecule has 0 bridgehead atoms. The van der Waals surface area contributed by atoms with Crippen LogP contribution in [-0.2, 0) is 19.6 Å². The highest BCUT2D eigenvalue weighted by molar-refractivity contribution is 5.14. The Bertz CT molecular complexity index is 534. The quantitative estimate of drug-likeness (QED) is 0.840. The third kappa shape index (κ3) is 3.92. The highest BCUT2D eigenvalue weighted by Gasteiger charge is 2.20. The number of furan rings is 1. The molecule has 1 N–H and O–H groups in total. The van der Waals surface area contributed by atoms with Crippen molar-refractivity contribution in [3.63, 3.8) is 0 Å². The molecule has 4 nitrogen and oxygen atoms in total. The molecular formula is C16H21N3O. The lowest BCUT2D eigenvalue weighted by atomic mass is 10.2. The van der Waals surface area contributed by atoms with E-state index in [4.69, 9.17) is 4.42 Å². The Morgan fingerprint density at radius 3 is 2.80 bits per heavy atom. The Balaban J connectivity index is 1.49. The van der Waals surface area contributed by atoms with Gasteiger partial charge in [0.1, 0.15) is 5.76 Å². The van der Waals surface area contributed by atoms with E-state index in [1.807, 2.05) is 30.8 Å². The van der Waals surface area contributed by atoms with E-state index in [2.05, 4.69) is 28.3 Å². The van der Waals surface area contributed by atoms with Crippen LogP contribution in [-0.4, -0.2) is 23.0 Å². The average molecular weight is 271 g/mol. The lowest BCUT2D eigenvalue weighted by Crippen LogP contribution is -2.17. The number of aromatic nitrogens is 1. The first-order chi connectivity index (χ1) is 9.79. The highest BCUT2D eigenvalue weighted by atomic mass is 16.3. The monoisotopic (exact) mass is 271 g/mol. The van der Waals surface area contributed by atoms with Crippen LogP contribution in [0.1, 0.15) is 29.7 Å². The van der Waals surface area contributed by atoms with Gasteiger partial charge >= 0.3 is 0 Å². The lowest BCUT2D eigenvalue weighted by Gasteiger charge is -2.14. The molecule has 1 saturated carbocycles. The van der Waals surface area contributed by atoms with Gasteiger partial charge in [-0.3, -0.25) is 9.88 Å². The molecule has 0 aromatic carbocycles. The van der Waals surface area contributed by atoms with Gasteiger partial charge in [-0.1, -0.05) is 0 Å². The number of hydrogen-bond donors (Lipinski definition) is 1.